The maximum Gasteiger partial charge on any atom is 0.130 e. The van der Waals surface area contributed by atoms with Crippen molar-refractivity contribution in [2.24, 2.45) is 5.73 Å². The van der Waals surface area contributed by atoms with E-state index in [4.69, 9.17) is 17.3 Å². The second kappa shape index (κ2) is 6.12. The quantitative estimate of drug-likeness (QED) is 0.799. The lowest BCUT2D eigenvalue weighted by atomic mass is 10.1. The van der Waals surface area contributed by atoms with Gasteiger partial charge in [-0.3, -0.25) is 0 Å². The highest BCUT2D eigenvalue weighted by Gasteiger charge is 2.17. The van der Waals surface area contributed by atoms with Crippen LogP contribution in [0.15, 0.2) is 67.0 Å². The Hall–Kier alpha value is -2.10. The van der Waals surface area contributed by atoms with E-state index in [1.165, 1.54) is 5.56 Å². The number of benzene rings is 2. The van der Waals surface area contributed by atoms with E-state index in [0.29, 0.717) is 5.02 Å². The van der Waals surface area contributed by atoms with Crippen LogP contribution >= 0.6 is 11.6 Å². The van der Waals surface area contributed by atoms with E-state index in [-0.39, 0.29) is 6.04 Å². The van der Waals surface area contributed by atoms with E-state index in [2.05, 4.69) is 21.7 Å². The molecule has 2 aromatic carbocycles. The van der Waals surface area contributed by atoms with Gasteiger partial charge in [0.1, 0.15) is 5.82 Å². The topological polar surface area (TPSA) is 43.8 Å². The van der Waals surface area contributed by atoms with Crippen LogP contribution in [0.25, 0.3) is 0 Å². The van der Waals surface area contributed by atoms with Gasteiger partial charge in [0.15, 0.2) is 0 Å². The lowest BCUT2D eigenvalue weighted by Gasteiger charge is -2.15. The van der Waals surface area contributed by atoms with Crippen LogP contribution in [0.4, 0.5) is 0 Å². The predicted molar refractivity (Wildman–Crippen MR) is 85.3 cm³/mol. The van der Waals surface area contributed by atoms with Gasteiger partial charge in [0.05, 0.1) is 6.04 Å². The molecule has 1 aromatic heterocycles. The van der Waals surface area contributed by atoms with Gasteiger partial charge in [-0.1, -0.05) is 60.1 Å². The molecule has 3 nitrogen and oxygen atoms in total. The SMILES string of the molecule is NC(c1ccccc1Cl)c1nccn1Cc1ccccc1. The molecule has 1 atom stereocenters. The van der Waals surface area contributed by atoms with Gasteiger partial charge in [-0.15, -0.1) is 0 Å². The zero-order valence-electron chi connectivity index (χ0n) is 11.5. The van der Waals surface area contributed by atoms with Crippen LogP contribution in [0.5, 0.6) is 0 Å². The number of nitrogens with zero attached hydrogens (tertiary/aromatic N) is 2. The van der Waals surface area contributed by atoms with Crippen molar-refractivity contribution in [1.82, 2.24) is 9.55 Å². The summed E-state index contributed by atoms with van der Waals surface area (Å²) in [4.78, 5) is 4.41. The van der Waals surface area contributed by atoms with Gasteiger partial charge in [-0.25, -0.2) is 4.98 Å². The molecule has 106 valence electrons. The van der Waals surface area contributed by atoms with Crippen LogP contribution in [-0.2, 0) is 6.54 Å². The molecule has 3 aromatic rings. The monoisotopic (exact) mass is 297 g/mol. The van der Waals surface area contributed by atoms with Crippen molar-refractivity contribution in [3.05, 3.63) is 89.0 Å². The van der Waals surface area contributed by atoms with E-state index >= 15 is 0 Å². The molecular formula is C17H16ClN3. The number of rotatable bonds is 4. The second-order valence-electron chi connectivity index (χ2n) is 4.90. The Morgan fingerprint density at radius 1 is 1.05 bits per heavy atom. The number of imidazole rings is 1. The molecule has 0 saturated carbocycles. The van der Waals surface area contributed by atoms with Crippen molar-refractivity contribution in [2.75, 3.05) is 0 Å². The Balaban J connectivity index is 1.90. The van der Waals surface area contributed by atoms with E-state index < -0.39 is 0 Å². The third-order valence-corrected chi connectivity index (χ3v) is 3.81. The van der Waals surface area contributed by atoms with Crippen molar-refractivity contribution < 1.29 is 0 Å². The summed E-state index contributed by atoms with van der Waals surface area (Å²) in [5, 5.41) is 0.666. The molecule has 0 aliphatic carbocycles. The van der Waals surface area contributed by atoms with Gasteiger partial charge < -0.3 is 10.3 Å². The molecule has 0 aliphatic rings. The van der Waals surface area contributed by atoms with Crippen LogP contribution < -0.4 is 5.73 Å². The van der Waals surface area contributed by atoms with Crippen LogP contribution in [0, 0.1) is 0 Å². The summed E-state index contributed by atoms with van der Waals surface area (Å²) in [7, 11) is 0. The van der Waals surface area contributed by atoms with E-state index in [9.17, 15) is 0 Å². The van der Waals surface area contributed by atoms with Gasteiger partial charge in [0.25, 0.3) is 0 Å². The van der Waals surface area contributed by atoms with Crippen molar-refractivity contribution in [3.63, 3.8) is 0 Å². The molecular weight excluding hydrogens is 282 g/mol. The van der Waals surface area contributed by atoms with Crippen molar-refractivity contribution in [1.29, 1.82) is 0 Å². The summed E-state index contributed by atoms with van der Waals surface area (Å²) in [6, 6.07) is 17.5. The average molecular weight is 298 g/mol. The maximum absolute atomic E-state index is 6.35. The highest BCUT2D eigenvalue weighted by molar-refractivity contribution is 6.31. The molecule has 0 bridgehead atoms. The zero-order chi connectivity index (χ0) is 14.7. The number of aromatic nitrogens is 2. The molecule has 3 rings (SSSR count). The first kappa shape index (κ1) is 13.9. The summed E-state index contributed by atoms with van der Waals surface area (Å²) in [6.45, 7) is 0.744. The van der Waals surface area contributed by atoms with Crippen molar-refractivity contribution in [3.8, 4) is 0 Å². The Bertz CT molecular complexity index is 722. The van der Waals surface area contributed by atoms with Gasteiger partial charge in [0, 0.05) is 24.0 Å². The fraction of sp³-hybridized carbons (Fsp3) is 0.118. The van der Waals surface area contributed by atoms with Crippen molar-refractivity contribution >= 4 is 11.6 Å². The largest absolute Gasteiger partial charge is 0.329 e. The molecule has 4 heteroatoms. The molecule has 21 heavy (non-hydrogen) atoms. The van der Waals surface area contributed by atoms with Gasteiger partial charge in [0.2, 0.25) is 0 Å². The highest BCUT2D eigenvalue weighted by atomic mass is 35.5. The normalized spacial score (nSPS) is 12.3. The molecule has 1 unspecified atom stereocenters. The van der Waals surface area contributed by atoms with Gasteiger partial charge >= 0.3 is 0 Å². The smallest absolute Gasteiger partial charge is 0.130 e. The minimum atomic E-state index is -0.336. The first-order chi connectivity index (χ1) is 10.3. The lowest BCUT2D eigenvalue weighted by molar-refractivity contribution is 0.674. The standard InChI is InChI=1S/C17H16ClN3/c18-15-9-5-4-8-14(15)16(19)17-20-10-11-21(17)12-13-6-2-1-3-7-13/h1-11,16H,12,19H2. The van der Waals surface area contributed by atoms with E-state index in [0.717, 1.165) is 17.9 Å². The first-order valence-electron chi connectivity index (χ1n) is 6.80. The summed E-state index contributed by atoms with van der Waals surface area (Å²) < 4.78 is 2.06. The fourth-order valence-electron chi connectivity index (χ4n) is 2.38. The Morgan fingerprint density at radius 2 is 1.76 bits per heavy atom. The molecule has 0 fully saturated rings. The predicted octanol–water partition coefficient (Wildman–Crippen LogP) is 3.63. The second-order valence-corrected chi connectivity index (χ2v) is 5.31. The minimum Gasteiger partial charge on any atom is -0.329 e. The van der Waals surface area contributed by atoms with Crippen LogP contribution in [0.1, 0.15) is 23.0 Å². The molecule has 0 aliphatic heterocycles. The molecule has 0 radical (unpaired) electrons. The van der Waals surface area contributed by atoms with Crippen LogP contribution in [0.3, 0.4) is 0 Å². The maximum atomic E-state index is 6.35. The zero-order valence-corrected chi connectivity index (χ0v) is 12.2. The summed E-state index contributed by atoms with van der Waals surface area (Å²) in [6.07, 6.45) is 3.72. The van der Waals surface area contributed by atoms with E-state index in [1.807, 2.05) is 48.7 Å². The summed E-state index contributed by atoms with van der Waals surface area (Å²) in [5.74, 6) is 0.812. The minimum absolute atomic E-state index is 0.336. The number of hydrogen-bond acceptors (Lipinski definition) is 2. The lowest BCUT2D eigenvalue weighted by Crippen LogP contribution is -2.18. The molecule has 0 amide bonds. The van der Waals surface area contributed by atoms with Crippen LogP contribution in [-0.4, -0.2) is 9.55 Å². The molecule has 2 N–H and O–H groups in total. The third kappa shape index (κ3) is 2.99. The number of nitrogens with two attached hydrogens (primary N) is 1. The first-order valence-corrected chi connectivity index (χ1v) is 7.18. The van der Waals surface area contributed by atoms with E-state index in [1.54, 1.807) is 6.20 Å². The number of hydrogen-bond donors (Lipinski definition) is 1. The van der Waals surface area contributed by atoms with Crippen molar-refractivity contribution in [2.45, 2.75) is 12.6 Å². The Morgan fingerprint density at radius 3 is 2.52 bits per heavy atom. The summed E-state index contributed by atoms with van der Waals surface area (Å²) in [5.41, 5.74) is 8.45. The Kier molecular flexibility index (Phi) is 4.04. The fourth-order valence-corrected chi connectivity index (χ4v) is 2.63. The average Bonchev–Trinajstić information content (AvgIpc) is 2.96. The summed E-state index contributed by atoms with van der Waals surface area (Å²) >= 11 is 6.23. The molecule has 1 heterocycles. The highest BCUT2D eigenvalue weighted by Crippen LogP contribution is 2.25. The third-order valence-electron chi connectivity index (χ3n) is 3.46. The molecule has 0 saturated heterocycles. The molecule has 0 spiro atoms. The van der Waals surface area contributed by atoms with Crippen LogP contribution in [0.2, 0.25) is 5.02 Å². The van der Waals surface area contributed by atoms with Gasteiger partial charge in [-0.05, 0) is 17.2 Å². The van der Waals surface area contributed by atoms with Gasteiger partial charge in [-0.2, -0.15) is 0 Å². The Labute approximate surface area is 129 Å². The number of halogens is 1.